The number of amides is 1. The van der Waals surface area contributed by atoms with Crippen LogP contribution in [0.4, 0.5) is 11.5 Å². The standard InChI is InChI=1S/C17H22N4O2/c1-21(2)10-9-18-17(22)13-7-8-16(19-12-13)20-14-5-4-6-15(11-14)23-3/h4-8,11-12H,9-10H2,1-3H3,(H,18,22)(H,19,20). The van der Waals surface area contributed by atoms with Crippen LogP contribution >= 0.6 is 0 Å². The average Bonchev–Trinajstić information content (AvgIpc) is 2.55. The number of likely N-dealkylation sites (N-methyl/N-ethyl adjacent to an activating group) is 1. The van der Waals surface area contributed by atoms with Gasteiger partial charge in [0.05, 0.1) is 12.7 Å². The summed E-state index contributed by atoms with van der Waals surface area (Å²) in [5.74, 6) is 1.32. The molecule has 2 N–H and O–H groups in total. The van der Waals surface area contributed by atoms with Crippen LogP contribution in [0.2, 0.25) is 0 Å². The highest BCUT2D eigenvalue weighted by Crippen LogP contribution is 2.20. The fourth-order valence-corrected chi connectivity index (χ4v) is 1.95. The fourth-order valence-electron chi connectivity index (χ4n) is 1.95. The number of nitrogens with zero attached hydrogens (tertiary/aromatic N) is 2. The van der Waals surface area contributed by atoms with Gasteiger partial charge in [-0.05, 0) is 38.4 Å². The lowest BCUT2D eigenvalue weighted by atomic mass is 10.2. The van der Waals surface area contributed by atoms with Crippen molar-refractivity contribution in [1.82, 2.24) is 15.2 Å². The zero-order valence-corrected chi connectivity index (χ0v) is 13.7. The highest BCUT2D eigenvalue weighted by molar-refractivity contribution is 5.94. The number of carbonyl (C=O) groups excluding carboxylic acids is 1. The zero-order chi connectivity index (χ0) is 16.7. The van der Waals surface area contributed by atoms with Crippen LogP contribution in [0.3, 0.4) is 0 Å². The molecule has 0 aliphatic heterocycles. The fraction of sp³-hybridized carbons (Fsp3) is 0.294. The normalized spacial score (nSPS) is 10.4. The number of nitrogens with one attached hydrogen (secondary N) is 2. The molecule has 2 rings (SSSR count). The molecular weight excluding hydrogens is 292 g/mol. The molecule has 0 saturated carbocycles. The summed E-state index contributed by atoms with van der Waals surface area (Å²) < 4.78 is 5.18. The van der Waals surface area contributed by atoms with E-state index in [1.54, 1.807) is 25.4 Å². The molecular formula is C17H22N4O2. The molecule has 0 saturated heterocycles. The number of carbonyl (C=O) groups is 1. The number of anilines is 2. The molecule has 0 aliphatic carbocycles. The second-order valence-electron chi connectivity index (χ2n) is 5.35. The third-order valence-electron chi connectivity index (χ3n) is 3.21. The van der Waals surface area contributed by atoms with Crippen LogP contribution in [0.25, 0.3) is 0 Å². The topological polar surface area (TPSA) is 66.5 Å². The lowest BCUT2D eigenvalue weighted by Crippen LogP contribution is -2.31. The van der Waals surface area contributed by atoms with Gasteiger partial charge in [-0.1, -0.05) is 6.07 Å². The maximum atomic E-state index is 12.0. The summed E-state index contributed by atoms with van der Waals surface area (Å²) in [6, 6.07) is 11.1. The molecule has 0 fully saturated rings. The number of pyridine rings is 1. The minimum atomic E-state index is -0.118. The number of hydrogen-bond donors (Lipinski definition) is 2. The van der Waals surface area contributed by atoms with Crippen molar-refractivity contribution in [2.45, 2.75) is 0 Å². The van der Waals surface area contributed by atoms with Gasteiger partial charge in [0.15, 0.2) is 0 Å². The minimum Gasteiger partial charge on any atom is -0.497 e. The molecule has 1 heterocycles. The molecule has 0 spiro atoms. The summed E-state index contributed by atoms with van der Waals surface area (Å²) in [5, 5.41) is 6.03. The molecule has 0 unspecified atom stereocenters. The predicted octanol–water partition coefficient (Wildman–Crippen LogP) is 2.13. The Morgan fingerprint density at radius 3 is 2.74 bits per heavy atom. The van der Waals surface area contributed by atoms with E-state index in [-0.39, 0.29) is 5.91 Å². The van der Waals surface area contributed by atoms with Crippen LogP contribution in [0.1, 0.15) is 10.4 Å². The Hall–Kier alpha value is -2.60. The highest BCUT2D eigenvalue weighted by Gasteiger charge is 2.06. The zero-order valence-electron chi connectivity index (χ0n) is 13.7. The minimum absolute atomic E-state index is 0.118. The van der Waals surface area contributed by atoms with Gasteiger partial charge in [-0.3, -0.25) is 4.79 Å². The maximum Gasteiger partial charge on any atom is 0.252 e. The SMILES string of the molecule is COc1cccc(Nc2ccc(C(=O)NCCN(C)C)cn2)c1. The van der Waals surface area contributed by atoms with Gasteiger partial charge >= 0.3 is 0 Å². The Balaban J connectivity index is 1.94. The van der Waals surface area contributed by atoms with Gasteiger partial charge in [-0.25, -0.2) is 4.98 Å². The lowest BCUT2D eigenvalue weighted by Gasteiger charge is -2.11. The Bertz CT molecular complexity index is 641. The number of rotatable bonds is 7. The van der Waals surface area contributed by atoms with E-state index in [0.29, 0.717) is 17.9 Å². The second kappa shape index (κ2) is 8.14. The summed E-state index contributed by atoms with van der Waals surface area (Å²) in [4.78, 5) is 18.3. The van der Waals surface area contributed by atoms with Crippen LogP contribution in [-0.4, -0.2) is 50.1 Å². The van der Waals surface area contributed by atoms with Gasteiger partial charge in [0, 0.05) is 31.0 Å². The van der Waals surface area contributed by atoms with E-state index in [9.17, 15) is 4.79 Å². The van der Waals surface area contributed by atoms with E-state index in [4.69, 9.17) is 4.74 Å². The van der Waals surface area contributed by atoms with Gasteiger partial charge in [-0.15, -0.1) is 0 Å². The molecule has 0 radical (unpaired) electrons. The number of aromatic nitrogens is 1. The molecule has 6 nitrogen and oxygen atoms in total. The first-order chi connectivity index (χ1) is 11.1. The van der Waals surface area contributed by atoms with Crippen molar-refractivity contribution in [3.8, 4) is 5.75 Å². The van der Waals surface area contributed by atoms with Crippen LogP contribution in [0.15, 0.2) is 42.6 Å². The van der Waals surface area contributed by atoms with Gasteiger partial charge in [0.1, 0.15) is 11.6 Å². The van der Waals surface area contributed by atoms with Gasteiger partial charge < -0.3 is 20.3 Å². The molecule has 1 amide bonds. The van der Waals surface area contributed by atoms with Crippen LogP contribution in [-0.2, 0) is 0 Å². The van der Waals surface area contributed by atoms with Crippen molar-refractivity contribution >= 4 is 17.4 Å². The van der Waals surface area contributed by atoms with Crippen molar-refractivity contribution in [3.63, 3.8) is 0 Å². The summed E-state index contributed by atoms with van der Waals surface area (Å²) >= 11 is 0. The van der Waals surface area contributed by atoms with Gasteiger partial charge in [0.25, 0.3) is 5.91 Å². The van der Waals surface area contributed by atoms with Crippen molar-refractivity contribution in [2.24, 2.45) is 0 Å². The average molecular weight is 314 g/mol. The third-order valence-corrected chi connectivity index (χ3v) is 3.21. The molecule has 1 aromatic heterocycles. The number of ether oxygens (including phenoxy) is 1. The quantitative estimate of drug-likeness (QED) is 0.819. The third kappa shape index (κ3) is 5.27. The van der Waals surface area contributed by atoms with E-state index in [0.717, 1.165) is 18.0 Å². The van der Waals surface area contributed by atoms with Crippen LogP contribution in [0.5, 0.6) is 5.75 Å². The van der Waals surface area contributed by atoms with Crippen molar-refractivity contribution in [2.75, 3.05) is 39.6 Å². The Morgan fingerprint density at radius 2 is 2.09 bits per heavy atom. The molecule has 23 heavy (non-hydrogen) atoms. The van der Waals surface area contributed by atoms with Crippen LogP contribution < -0.4 is 15.4 Å². The van der Waals surface area contributed by atoms with Crippen molar-refractivity contribution < 1.29 is 9.53 Å². The first-order valence-electron chi connectivity index (χ1n) is 7.38. The Kier molecular flexibility index (Phi) is 5.94. The van der Waals surface area contributed by atoms with E-state index in [1.807, 2.05) is 43.3 Å². The second-order valence-corrected chi connectivity index (χ2v) is 5.35. The molecule has 122 valence electrons. The predicted molar refractivity (Wildman–Crippen MR) is 91.4 cm³/mol. The summed E-state index contributed by atoms with van der Waals surface area (Å²) in [5.41, 5.74) is 1.42. The molecule has 2 aromatic rings. The Labute approximate surface area is 136 Å². The first kappa shape index (κ1) is 16.8. The van der Waals surface area contributed by atoms with Crippen LogP contribution in [0, 0.1) is 0 Å². The Morgan fingerprint density at radius 1 is 1.26 bits per heavy atom. The van der Waals surface area contributed by atoms with Gasteiger partial charge in [-0.2, -0.15) is 0 Å². The maximum absolute atomic E-state index is 12.0. The largest absolute Gasteiger partial charge is 0.497 e. The van der Waals surface area contributed by atoms with Gasteiger partial charge in [0.2, 0.25) is 0 Å². The number of benzene rings is 1. The van der Waals surface area contributed by atoms with E-state index < -0.39 is 0 Å². The molecule has 0 atom stereocenters. The molecule has 0 aliphatic rings. The summed E-state index contributed by atoms with van der Waals surface area (Å²) in [6.45, 7) is 1.41. The number of hydrogen-bond acceptors (Lipinski definition) is 5. The first-order valence-corrected chi connectivity index (χ1v) is 7.38. The van der Waals surface area contributed by atoms with E-state index >= 15 is 0 Å². The highest BCUT2D eigenvalue weighted by atomic mass is 16.5. The van der Waals surface area contributed by atoms with Crippen molar-refractivity contribution in [1.29, 1.82) is 0 Å². The molecule has 0 bridgehead atoms. The van der Waals surface area contributed by atoms with E-state index in [2.05, 4.69) is 15.6 Å². The number of methoxy groups -OCH3 is 1. The smallest absolute Gasteiger partial charge is 0.252 e. The molecule has 6 heteroatoms. The van der Waals surface area contributed by atoms with Crippen molar-refractivity contribution in [3.05, 3.63) is 48.2 Å². The van der Waals surface area contributed by atoms with E-state index in [1.165, 1.54) is 0 Å². The monoisotopic (exact) mass is 314 g/mol. The summed E-state index contributed by atoms with van der Waals surface area (Å²) in [7, 11) is 5.56. The lowest BCUT2D eigenvalue weighted by molar-refractivity contribution is 0.0950. The molecule has 1 aromatic carbocycles. The summed E-state index contributed by atoms with van der Waals surface area (Å²) in [6.07, 6.45) is 1.56.